The number of thiophene rings is 1. The molecular weight excluding hydrogens is 310 g/mol. The molecule has 0 saturated heterocycles. The largest absolute Gasteiger partial charge is 0.461 e. The number of aryl methyl sites for hydroxylation is 2. The van der Waals surface area contributed by atoms with Crippen LogP contribution in [0.3, 0.4) is 0 Å². The Kier molecular flexibility index (Phi) is 4.25. The van der Waals surface area contributed by atoms with Crippen LogP contribution >= 0.6 is 11.3 Å². The van der Waals surface area contributed by atoms with Crippen molar-refractivity contribution in [1.29, 1.82) is 0 Å². The minimum absolute atomic E-state index is 0.334. The van der Waals surface area contributed by atoms with Gasteiger partial charge in [0.15, 0.2) is 5.69 Å². The molecule has 0 atom stereocenters. The summed E-state index contributed by atoms with van der Waals surface area (Å²) in [4.78, 5) is 18.2. The van der Waals surface area contributed by atoms with E-state index >= 15 is 0 Å². The van der Waals surface area contributed by atoms with Crippen LogP contribution in [0.1, 0.15) is 22.3 Å². The molecule has 0 aliphatic rings. The number of nitrogens with zero attached hydrogens (tertiary/aromatic N) is 3. The van der Waals surface area contributed by atoms with Crippen LogP contribution in [0.2, 0.25) is 0 Å². The number of ether oxygens (including phenoxy) is 1. The summed E-state index contributed by atoms with van der Waals surface area (Å²) in [5.74, 6) is -0.392. The van der Waals surface area contributed by atoms with Crippen molar-refractivity contribution in [2.45, 2.75) is 13.8 Å². The van der Waals surface area contributed by atoms with E-state index in [-0.39, 0.29) is 0 Å². The number of hydrogen-bond donors (Lipinski definition) is 0. The third-order valence-electron chi connectivity index (χ3n) is 3.52. The predicted molar refractivity (Wildman–Crippen MR) is 90.4 cm³/mol. The topological polar surface area (TPSA) is 57.0 Å². The third kappa shape index (κ3) is 3.03. The van der Waals surface area contributed by atoms with E-state index in [4.69, 9.17) is 4.74 Å². The highest BCUT2D eigenvalue weighted by atomic mass is 32.1. The van der Waals surface area contributed by atoms with Crippen LogP contribution < -0.4 is 0 Å². The van der Waals surface area contributed by atoms with E-state index in [1.807, 2.05) is 19.2 Å². The molecule has 3 rings (SSSR count). The second kappa shape index (κ2) is 6.34. The van der Waals surface area contributed by atoms with Gasteiger partial charge in [0.25, 0.3) is 0 Å². The van der Waals surface area contributed by atoms with Crippen molar-refractivity contribution in [1.82, 2.24) is 14.8 Å². The fraction of sp³-hybridized carbons (Fsp3) is 0.235. The molecule has 3 aromatic heterocycles. The van der Waals surface area contributed by atoms with Gasteiger partial charge in [-0.1, -0.05) is 0 Å². The molecule has 3 aromatic rings. The van der Waals surface area contributed by atoms with Crippen LogP contribution in [0, 0.1) is 6.92 Å². The van der Waals surface area contributed by atoms with Gasteiger partial charge in [-0.05, 0) is 43.7 Å². The summed E-state index contributed by atoms with van der Waals surface area (Å²) in [7, 11) is 1.83. The van der Waals surface area contributed by atoms with Crippen LogP contribution in [0.5, 0.6) is 0 Å². The smallest absolute Gasteiger partial charge is 0.358 e. The maximum atomic E-state index is 11.9. The second-order valence-electron chi connectivity index (χ2n) is 5.08. The number of hydrogen-bond acceptors (Lipinski definition) is 5. The van der Waals surface area contributed by atoms with Gasteiger partial charge in [0.1, 0.15) is 0 Å². The highest BCUT2D eigenvalue weighted by Crippen LogP contribution is 2.36. The number of esters is 1. The van der Waals surface area contributed by atoms with Crippen molar-refractivity contribution in [3.8, 4) is 21.7 Å². The zero-order valence-corrected chi connectivity index (χ0v) is 14.1. The van der Waals surface area contributed by atoms with Gasteiger partial charge in [-0.15, -0.1) is 11.3 Å². The van der Waals surface area contributed by atoms with Crippen molar-refractivity contribution >= 4 is 17.3 Å². The summed E-state index contributed by atoms with van der Waals surface area (Å²) in [6, 6.07) is 7.88. The lowest BCUT2D eigenvalue weighted by Crippen LogP contribution is -2.05. The lowest BCUT2D eigenvalue weighted by atomic mass is 10.1. The van der Waals surface area contributed by atoms with Gasteiger partial charge in [-0.3, -0.25) is 9.67 Å². The molecule has 0 aliphatic carbocycles. The Morgan fingerprint density at radius 2 is 2.04 bits per heavy atom. The summed E-state index contributed by atoms with van der Waals surface area (Å²) in [5.41, 5.74) is 3.45. The molecule has 0 amide bonds. The molecule has 0 spiro atoms. The van der Waals surface area contributed by atoms with Crippen molar-refractivity contribution in [3.63, 3.8) is 0 Å². The zero-order valence-electron chi connectivity index (χ0n) is 13.2. The van der Waals surface area contributed by atoms with Gasteiger partial charge in [-0.25, -0.2) is 4.79 Å². The van der Waals surface area contributed by atoms with Crippen LogP contribution in [0.4, 0.5) is 0 Å². The molecular formula is C17H17N3O2S. The minimum atomic E-state index is -0.392. The molecule has 23 heavy (non-hydrogen) atoms. The molecule has 0 saturated carbocycles. The van der Waals surface area contributed by atoms with Gasteiger partial charge in [0.05, 0.1) is 12.3 Å². The molecule has 6 heteroatoms. The van der Waals surface area contributed by atoms with Crippen LogP contribution in [-0.4, -0.2) is 27.3 Å². The summed E-state index contributed by atoms with van der Waals surface area (Å²) < 4.78 is 6.74. The first-order chi connectivity index (χ1) is 11.1. The van der Waals surface area contributed by atoms with Gasteiger partial charge < -0.3 is 4.74 Å². The summed E-state index contributed by atoms with van der Waals surface area (Å²) in [6.45, 7) is 4.20. The highest BCUT2D eigenvalue weighted by Gasteiger charge is 2.18. The average Bonchev–Trinajstić information content (AvgIpc) is 3.11. The number of rotatable bonds is 4. The van der Waals surface area contributed by atoms with Crippen molar-refractivity contribution in [2.24, 2.45) is 7.05 Å². The molecule has 0 bridgehead atoms. The van der Waals surface area contributed by atoms with Gasteiger partial charge in [0.2, 0.25) is 0 Å². The molecule has 5 nitrogen and oxygen atoms in total. The molecule has 0 N–H and O–H groups in total. The average molecular weight is 327 g/mol. The maximum Gasteiger partial charge on any atom is 0.358 e. The standard InChI is InChI=1S/C17H17N3O2S/c1-4-22-17(21)14-10-15(20(3)19-14)13-9-16(23-11(13)2)12-5-7-18-8-6-12/h5-10H,4H2,1-3H3. The molecule has 118 valence electrons. The van der Waals surface area contributed by atoms with E-state index in [0.29, 0.717) is 12.3 Å². The van der Waals surface area contributed by atoms with E-state index in [9.17, 15) is 4.79 Å². The van der Waals surface area contributed by atoms with Gasteiger partial charge in [-0.2, -0.15) is 5.10 Å². The summed E-state index contributed by atoms with van der Waals surface area (Å²) in [5, 5.41) is 4.27. The fourth-order valence-corrected chi connectivity index (χ4v) is 3.45. The van der Waals surface area contributed by atoms with Gasteiger partial charge in [0, 0.05) is 34.8 Å². The first-order valence-corrected chi connectivity index (χ1v) is 8.14. The lowest BCUT2D eigenvalue weighted by molar-refractivity contribution is 0.0518. The maximum absolute atomic E-state index is 11.9. The number of carbonyl (C=O) groups is 1. The molecule has 0 aromatic carbocycles. The quantitative estimate of drug-likeness (QED) is 0.686. The Labute approximate surface area is 138 Å². The van der Waals surface area contributed by atoms with Crippen molar-refractivity contribution in [3.05, 3.63) is 47.2 Å². The fourth-order valence-electron chi connectivity index (χ4n) is 2.42. The molecule has 0 radical (unpaired) electrons. The van der Waals surface area contributed by atoms with Gasteiger partial charge >= 0.3 is 5.97 Å². The Hall–Kier alpha value is -2.47. The van der Waals surface area contributed by atoms with E-state index in [0.717, 1.165) is 16.8 Å². The van der Waals surface area contributed by atoms with E-state index < -0.39 is 5.97 Å². The predicted octanol–water partition coefficient (Wildman–Crippen LogP) is 3.70. The minimum Gasteiger partial charge on any atom is -0.461 e. The number of aromatic nitrogens is 3. The second-order valence-corrected chi connectivity index (χ2v) is 6.33. The Bertz CT molecular complexity index is 837. The van der Waals surface area contributed by atoms with Crippen molar-refractivity contribution < 1.29 is 9.53 Å². The SMILES string of the molecule is CCOC(=O)c1cc(-c2cc(-c3ccncc3)sc2C)n(C)n1. The summed E-state index contributed by atoms with van der Waals surface area (Å²) >= 11 is 1.71. The highest BCUT2D eigenvalue weighted by molar-refractivity contribution is 7.16. The Morgan fingerprint density at radius 3 is 2.74 bits per heavy atom. The third-order valence-corrected chi connectivity index (χ3v) is 4.62. The normalized spacial score (nSPS) is 10.7. The van der Waals surface area contributed by atoms with Crippen LogP contribution in [-0.2, 0) is 11.8 Å². The number of pyridine rings is 1. The lowest BCUT2D eigenvalue weighted by Gasteiger charge is -1.99. The zero-order chi connectivity index (χ0) is 16.4. The molecule has 0 fully saturated rings. The Morgan fingerprint density at radius 1 is 1.30 bits per heavy atom. The van der Waals surface area contributed by atoms with Crippen molar-refractivity contribution in [2.75, 3.05) is 6.61 Å². The number of carbonyl (C=O) groups excluding carboxylic acids is 1. The monoisotopic (exact) mass is 327 g/mol. The van der Waals surface area contributed by atoms with Crippen LogP contribution in [0.25, 0.3) is 21.7 Å². The first-order valence-electron chi connectivity index (χ1n) is 7.32. The van der Waals surface area contributed by atoms with Crippen LogP contribution in [0.15, 0.2) is 36.7 Å². The first kappa shape index (κ1) is 15.4. The summed E-state index contributed by atoms with van der Waals surface area (Å²) in [6.07, 6.45) is 3.57. The molecule has 0 aliphatic heterocycles. The van der Waals surface area contributed by atoms with E-state index in [1.54, 1.807) is 41.4 Å². The Balaban J connectivity index is 2.00. The molecule has 0 unspecified atom stereocenters. The van der Waals surface area contributed by atoms with E-state index in [2.05, 4.69) is 23.1 Å². The molecule has 3 heterocycles. The van der Waals surface area contributed by atoms with E-state index in [1.165, 1.54) is 9.75 Å².